The van der Waals surface area contributed by atoms with Crippen molar-refractivity contribution >= 4 is 46.9 Å². The molecular weight excluding hydrogens is 416 g/mol. The molecule has 0 spiro atoms. The van der Waals surface area contributed by atoms with Gasteiger partial charge in [-0.15, -0.1) is 0 Å². The molecule has 1 heterocycles. The number of carbonyl (C=O) groups is 2. The highest BCUT2D eigenvalue weighted by atomic mass is 35.5. The minimum Gasteiger partial charge on any atom is -0.346 e. The van der Waals surface area contributed by atoms with Crippen LogP contribution in [0.1, 0.15) is 34.5 Å². The van der Waals surface area contributed by atoms with Gasteiger partial charge in [0.1, 0.15) is 0 Å². The van der Waals surface area contributed by atoms with E-state index < -0.39 is 0 Å². The van der Waals surface area contributed by atoms with Crippen molar-refractivity contribution in [2.24, 2.45) is 0 Å². The van der Waals surface area contributed by atoms with Crippen LogP contribution < -0.4 is 10.6 Å². The van der Waals surface area contributed by atoms with Crippen LogP contribution in [0.3, 0.4) is 0 Å². The van der Waals surface area contributed by atoms with E-state index in [1.807, 2.05) is 55.5 Å². The topological polar surface area (TPSA) is 58.2 Å². The van der Waals surface area contributed by atoms with Crippen LogP contribution in [0.2, 0.25) is 5.02 Å². The van der Waals surface area contributed by atoms with Crippen molar-refractivity contribution < 1.29 is 9.59 Å². The SMILES string of the molecule is C[C@@H](NC(=O)c1ccc2c(c1)NC(=O)/C(=C\c1cccc(Cl)c1)S2)c1ccccc1. The zero-order valence-corrected chi connectivity index (χ0v) is 17.8. The number of carbonyl (C=O) groups excluding carboxylic acids is 2. The molecule has 2 N–H and O–H groups in total. The van der Waals surface area contributed by atoms with Gasteiger partial charge in [-0.2, -0.15) is 0 Å². The van der Waals surface area contributed by atoms with Crippen molar-refractivity contribution in [3.8, 4) is 0 Å². The number of thioether (sulfide) groups is 1. The van der Waals surface area contributed by atoms with E-state index in [4.69, 9.17) is 11.6 Å². The number of rotatable bonds is 4. The van der Waals surface area contributed by atoms with Gasteiger partial charge in [-0.1, -0.05) is 65.8 Å². The molecule has 6 heteroatoms. The van der Waals surface area contributed by atoms with E-state index in [0.717, 1.165) is 16.0 Å². The molecule has 0 fully saturated rings. The Morgan fingerprint density at radius 2 is 1.87 bits per heavy atom. The van der Waals surface area contributed by atoms with Crippen LogP contribution in [0.15, 0.2) is 82.6 Å². The quantitative estimate of drug-likeness (QED) is 0.501. The molecular formula is C24H19ClN2O2S. The summed E-state index contributed by atoms with van der Waals surface area (Å²) in [7, 11) is 0. The first kappa shape index (κ1) is 20.3. The number of hydrogen-bond donors (Lipinski definition) is 2. The van der Waals surface area contributed by atoms with Crippen LogP contribution in [0, 0.1) is 0 Å². The Balaban J connectivity index is 1.51. The van der Waals surface area contributed by atoms with Gasteiger partial charge in [-0.3, -0.25) is 9.59 Å². The summed E-state index contributed by atoms with van der Waals surface area (Å²) in [5.41, 5.74) is 3.02. The highest BCUT2D eigenvalue weighted by Gasteiger charge is 2.22. The second-order valence-corrected chi connectivity index (χ2v) is 8.46. The highest BCUT2D eigenvalue weighted by Crippen LogP contribution is 2.39. The minimum atomic E-state index is -0.206. The summed E-state index contributed by atoms with van der Waals surface area (Å²) in [6.45, 7) is 1.94. The first-order chi connectivity index (χ1) is 14.5. The molecule has 0 unspecified atom stereocenters. The number of fused-ring (bicyclic) bond motifs is 1. The lowest BCUT2D eigenvalue weighted by atomic mass is 10.1. The molecule has 0 saturated heterocycles. The molecule has 3 aromatic carbocycles. The summed E-state index contributed by atoms with van der Waals surface area (Å²) in [5.74, 6) is -0.392. The second-order valence-electron chi connectivity index (χ2n) is 6.94. The Bertz CT molecular complexity index is 1140. The van der Waals surface area contributed by atoms with Crippen molar-refractivity contribution in [1.82, 2.24) is 5.32 Å². The summed E-state index contributed by atoms with van der Waals surface area (Å²) in [6, 6.07) is 22.3. The van der Waals surface area contributed by atoms with Gasteiger partial charge in [0, 0.05) is 15.5 Å². The van der Waals surface area contributed by atoms with E-state index in [0.29, 0.717) is 21.2 Å². The second kappa shape index (κ2) is 8.78. The third kappa shape index (κ3) is 4.58. The number of amides is 2. The maximum absolute atomic E-state index is 12.7. The molecule has 3 aromatic rings. The lowest BCUT2D eigenvalue weighted by molar-refractivity contribution is -0.112. The minimum absolute atomic E-state index is 0.120. The Labute approximate surface area is 184 Å². The highest BCUT2D eigenvalue weighted by molar-refractivity contribution is 8.04. The summed E-state index contributed by atoms with van der Waals surface area (Å²) >= 11 is 7.40. The summed E-state index contributed by atoms with van der Waals surface area (Å²) < 4.78 is 0. The van der Waals surface area contributed by atoms with Crippen LogP contribution in [0.4, 0.5) is 5.69 Å². The molecule has 0 aliphatic carbocycles. The van der Waals surface area contributed by atoms with Crippen molar-refractivity contribution in [3.63, 3.8) is 0 Å². The number of nitrogens with one attached hydrogen (secondary N) is 2. The first-order valence-corrected chi connectivity index (χ1v) is 10.7. The van der Waals surface area contributed by atoms with Crippen LogP contribution in [0.25, 0.3) is 6.08 Å². The lowest BCUT2D eigenvalue weighted by Crippen LogP contribution is -2.27. The van der Waals surface area contributed by atoms with Gasteiger partial charge < -0.3 is 10.6 Å². The molecule has 1 aliphatic heterocycles. The monoisotopic (exact) mass is 434 g/mol. The Morgan fingerprint density at radius 1 is 1.07 bits per heavy atom. The zero-order chi connectivity index (χ0) is 21.1. The molecule has 30 heavy (non-hydrogen) atoms. The summed E-state index contributed by atoms with van der Waals surface area (Å²) in [4.78, 5) is 26.7. The molecule has 150 valence electrons. The van der Waals surface area contributed by atoms with Crippen LogP contribution >= 0.6 is 23.4 Å². The number of benzene rings is 3. The molecule has 2 amide bonds. The summed E-state index contributed by atoms with van der Waals surface area (Å²) in [6.07, 6.45) is 1.80. The van der Waals surface area contributed by atoms with Gasteiger partial charge in [0.25, 0.3) is 11.8 Å². The van der Waals surface area contributed by atoms with Crippen molar-refractivity contribution in [2.45, 2.75) is 17.9 Å². The predicted octanol–water partition coefficient (Wildman–Crippen LogP) is 5.92. The maximum atomic E-state index is 12.7. The molecule has 1 atom stereocenters. The van der Waals surface area contributed by atoms with Gasteiger partial charge in [0.2, 0.25) is 0 Å². The average molecular weight is 435 g/mol. The van der Waals surface area contributed by atoms with Gasteiger partial charge in [0.05, 0.1) is 16.6 Å². The van der Waals surface area contributed by atoms with Crippen LogP contribution in [-0.2, 0) is 4.79 Å². The van der Waals surface area contributed by atoms with Crippen molar-refractivity contribution in [2.75, 3.05) is 5.32 Å². The van der Waals surface area contributed by atoms with E-state index in [9.17, 15) is 9.59 Å². The molecule has 4 nitrogen and oxygen atoms in total. The van der Waals surface area contributed by atoms with E-state index in [1.165, 1.54) is 11.8 Å². The molecule has 0 bridgehead atoms. The normalized spacial score (nSPS) is 15.3. The molecule has 4 rings (SSSR count). The van der Waals surface area contributed by atoms with E-state index in [-0.39, 0.29) is 17.9 Å². The number of anilines is 1. The van der Waals surface area contributed by atoms with E-state index >= 15 is 0 Å². The average Bonchev–Trinajstić information content (AvgIpc) is 2.74. The third-order valence-electron chi connectivity index (χ3n) is 4.73. The third-order valence-corrected chi connectivity index (χ3v) is 6.06. The van der Waals surface area contributed by atoms with Crippen LogP contribution in [0.5, 0.6) is 0 Å². The van der Waals surface area contributed by atoms with Gasteiger partial charge in [-0.25, -0.2) is 0 Å². The van der Waals surface area contributed by atoms with E-state index in [1.54, 1.807) is 30.3 Å². The number of halogens is 1. The Kier molecular flexibility index (Phi) is 5.93. The van der Waals surface area contributed by atoms with Crippen molar-refractivity contribution in [3.05, 3.63) is 99.4 Å². The van der Waals surface area contributed by atoms with Crippen LogP contribution in [-0.4, -0.2) is 11.8 Å². The lowest BCUT2D eigenvalue weighted by Gasteiger charge is -2.20. The van der Waals surface area contributed by atoms with Gasteiger partial charge >= 0.3 is 0 Å². The predicted molar refractivity (Wildman–Crippen MR) is 123 cm³/mol. The largest absolute Gasteiger partial charge is 0.346 e. The fourth-order valence-corrected chi connectivity index (χ4v) is 4.28. The molecule has 1 aliphatic rings. The molecule has 0 saturated carbocycles. The van der Waals surface area contributed by atoms with Gasteiger partial charge in [-0.05, 0) is 54.5 Å². The smallest absolute Gasteiger partial charge is 0.262 e. The molecule has 0 radical (unpaired) electrons. The molecule has 0 aromatic heterocycles. The maximum Gasteiger partial charge on any atom is 0.262 e. The fourth-order valence-electron chi connectivity index (χ4n) is 3.15. The Hall–Kier alpha value is -3.02. The first-order valence-electron chi connectivity index (χ1n) is 9.46. The van der Waals surface area contributed by atoms with E-state index in [2.05, 4.69) is 10.6 Å². The van der Waals surface area contributed by atoms with Crippen molar-refractivity contribution in [1.29, 1.82) is 0 Å². The fraction of sp³-hybridized carbons (Fsp3) is 0.0833. The zero-order valence-electron chi connectivity index (χ0n) is 16.2. The Morgan fingerprint density at radius 3 is 2.63 bits per heavy atom. The van der Waals surface area contributed by atoms with Gasteiger partial charge in [0.15, 0.2) is 0 Å². The standard InChI is InChI=1S/C24H19ClN2O2S/c1-15(17-7-3-2-4-8-17)26-23(28)18-10-11-21-20(14-18)27-24(29)22(30-21)13-16-6-5-9-19(25)12-16/h2-15H,1H3,(H,26,28)(H,27,29)/b22-13+/t15-/m1/s1. The number of hydrogen-bond acceptors (Lipinski definition) is 3. The summed E-state index contributed by atoms with van der Waals surface area (Å²) in [5, 5.41) is 6.50.